The highest BCUT2D eigenvalue weighted by Crippen LogP contribution is 2.32. The zero-order valence-electron chi connectivity index (χ0n) is 20.1. The van der Waals surface area contributed by atoms with Crippen LogP contribution in [-0.2, 0) is 28.7 Å². The molecule has 0 aliphatic carbocycles. The fourth-order valence-electron chi connectivity index (χ4n) is 4.51. The predicted molar refractivity (Wildman–Crippen MR) is 137 cm³/mol. The third-order valence-corrected chi connectivity index (χ3v) is 6.36. The van der Waals surface area contributed by atoms with E-state index in [0.717, 1.165) is 55.9 Å². The van der Waals surface area contributed by atoms with Gasteiger partial charge in [-0.3, -0.25) is 9.69 Å². The monoisotopic (exact) mass is 505 g/mol. The number of para-hydroxylation sites is 1. The zero-order valence-corrected chi connectivity index (χ0v) is 20.1. The van der Waals surface area contributed by atoms with Gasteiger partial charge in [0, 0.05) is 36.3 Å². The summed E-state index contributed by atoms with van der Waals surface area (Å²) in [6.45, 7) is 4.01. The number of hydrogen-bond acceptors (Lipinski definition) is 4. The van der Waals surface area contributed by atoms with Gasteiger partial charge in [0.05, 0.1) is 36.4 Å². The molecule has 3 aromatic carbocycles. The SMILES string of the molecule is O=C(Cc1cccc2ccc(-c3cccc(C(F)(F)F)c3)nc12)Nc1cccc(CN2CCOCC2)c1. The van der Waals surface area contributed by atoms with Gasteiger partial charge in [0.15, 0.2) is 0 Å². The van der Waals surface area contributed by atoms with Crippen LogP contribution >= 0.6 is 0 Å². The van der Waals surface area contributed by atoms with Crippen molar-refractivity contribution in [3.8, 4) is 11.3 Å². The fourth-order valence-corrected chi connectivity index (χ4v) is 4.51. The number of ether oxygens (including phenoxy) is 1. The number of aromatic nitrogens is 1. The number of carbonyl (C=O) groups excluding carboxylic acids is 1. The molecule has 0 radical (unpaired) electrons. The Labute approximate surface area is 212 Å². The Hall–Kier alpha value is -3.75. The van der Waals surface area contributed by atoms with Crippen molar-refractivity contribution in [2.75, 3.05) is 31.6 Å². The van der Waals surface area contributed by atoms with Gasteiger partial charge in [0.2, 0.25) is 5.91 Å². The number of rotatable bonds is 6. The molecule has 37 heavy (non-hydrogen) atoms. The summed E-state index contributed by atoms with van der Waals surface area (Å²) in [6.07, 6.45) is -4.35. The molecule has 1 fully saturated rings. The maximum absolute atomic E-state index is 13.2. The van der Waals surface area contributed by atoms with Crippen LogP contribution in [0.15, 0.2) is 78.9 Å². The normalized spacial score (nSPS) is 14.6. The molecule has 0 unspecified atom stereocenters. The third kappa shape index (κ3) is 6.15. The van der Waals surface area contributed by atoms with Crippen LogP contribution in [0.4, 0.5) is 18.9 Å². The molecule has 2 heterocycles. The molecule has 0 bridgehead atoms. The Morgan fingerprint density at radius 1 is 0.946 bits per heavy atom. The molecule has 5 rings (SSSR count). The minimum Gasteiger partial charge on any atom is -0.379 e. The molecule has 8 heteroatoms. The molecule has 0 spiro atoms. The Balaban J connectivity index is 1.34. The van der Waals surface area contributed by atoms with Crippen LogP contribution in [0.25, 0.3) is 22.2 Å². The van der Waals surface area contributed by atoms with Crippen molar-refractivity contribution in [3.63, 3.8) is 0 Å². The van der Waals surface area contributed by atoms with Crippen molar-refractivity contribution in [1.29, 1.82) is 0 Å². The lowest BCUT2D eigenvalue weighted by molar-refractivity contribution is -0.137. The largest absolute Gasteiger partial charge is 0.416 e. The molecule has 1 saturated heterocycles. The third-order valence-electron chi connectivity index (χ3n) is 6.36. The van der Waals surface area contributed by atoms with E-state index in [4.69, 9.17) is 4.74 Å². The number of hydrogen-bond donors (Lipinski definition) is 1. The quantitative estimate of drug-likeness (QED) is 0.353. The maximum Gasteiger partial charge on any atom is 0.416 e. The maximum atomic E-state index is 13.2. The summed E-state index contributed by atoms with van der Waals surface area (Å²) in [4.78, 5) is 19.9. The smallest absolute Gasteiger partial charge is 0.379 e. The van der Waals surface area contributed by atoms with Crippen LogP contribution in [-0.4, -0.2) is 42.1 Å². The van der Waals surface area contributed by atoms with Crippen molar-refractivity contribution in [2.45, 2.75) is 19.1 Å². The van der Waals surface area contributed by atoms with E-state index in [1.807, 2.05) is 48.5 Å². The zero-order chi connectivity index (χ0) is 25.8. The minimum absolute atomic E-state index is 0.0874. The first-order valence-electron chi connectivity index (χ1n) is 12.1. The number of halogens is 3. The van der Waals surface area contributed by atoms with Crippen molar-refractivity contribution in [2.24, 2.45) is 0 Å². The highest BCUT2D eigenvalue weighted by molar-refractivity contribution is 5.95. The number of amides is 1. The van der Waals surface area contributed by atoms with Gasteiger partial charge in [0.1, 0.15) is 0 Å². The molecule has 1 aromatic heterocycles. The Kier molecular flexibility index (Phi) is 7.21. The topological polar surface area (TPSA) is 54.5 Å². The second kappa shape index (κ2) is 10.7. The first-order valence-corrected chi connectivity index (χ1v) is 12.1. The number of morpholine rings is 1. The summed E-state index contributed by atoms with van der Waals surface area (Å²) in [5, 5.41) is 3.78. The van der Waals surface area contributed by atoms with Crippen LogP contribution in [0.3, 0.4) is 0 Å². The summed E-state index contributed by atoms with van der Waals surface area (Å²) in [5.74, 6) is -0.192. The van der Waals surface area contributed by atoms with Crippen molar-refractivity contribution in [1.82, 2.24) is 9.88 Å². The van der Waals surface area contributed by atoms with Crippen molar-refractivity contribution >= 4 is 22.5 Å². The van der Waals surface area contributed by atoms with Gasteiger partial charge in [-0.25, -0.2) is 4.98 Å². The minimum atomic E-state index is -4.43. The first-order chi connectivity index (χ1) is 17.8. The molecular formula is C29H26F3N3O2. The first kappa shape index (κ1) is 24.9. The molecule has 1 amide bonds. The average Bonchev–Trinajstić information content (AvgIpc) is 2.89. The lowest BCUT2D eigenvalue weighted by Crippen LogP contribution is -2.35. The summed E-state index contributed by atoms with van der Waals surface area (Å²) in [6, 6.07) is 21.9. The lowest BCUT2D eigenvalue weighted by atomic mass is 10.0. The highest BCUT2D eigenvalue weighted by atomic mass is 19.4. The molecule has 4 aromatic rings. The molecule has 0 atom stereocenters. The molecule has 5 nitrogen and oxygen atoms in total. The number of carbonyl (C=O) groups is 1. The number of fused-ring (bicyclic) bond motifs is 1. The fraction of sp³-hybridized carbons (Fsp3) is 0.241. The van der Waals surface area contributed by atoms with Crippen LogP contribution in [0.1, 0.15) is 16.7 Å². The summed E-state index contributed by atoms with van der Waals surface area (Å²) in [5.41, 5.74) is 3.18. The second-order valence-electron chi connectivity index (χ2n) is 9.08. The number of benzene rings is 3. The average molecular weight is 506 g/mol. The second-order valence-corrected chi connectivity index (χ2v) is 9.08. The lowest BCUT2D eigenvalue weighted by Gasteiger charge is -2.26. The summed E-state index contributed by atoms with van der Waals surface area (Å²) in [7, 11) is 0. The van der Waals surface area contributed by atoms with Gasteiger partial charge < -0.3 is 10.1 Å². The number of alkyl halides is 3. The van der Waals surface area contributed by atoms with Gasteiger partial charge in [0.25, 0.3) is 0 Å². The van der Waals surface area contributed by atoms with E-state index in [2.05, 4.69) is 15.2 Å². The van der Waals surface area contributed by atoms with Gasteiger partial charge in [-0.2, -0.15) is 13.2 Å². The molecule has 1 aliphatic rings. The van der Waals surface area contributed by atoms with E-state index in [9.17, 15) is 18.0 Å². The van der Waals surface area contributed by atoms with E-state index >= 15 is 0 Å². The van der Waals surface area contributed by atoms with Gasteiger partial charge in [-0.1, -0.05) is 48.5 Å². The van der Waals surface area contributed by atoms with Crippen LogP contribution in [0, 0.1) is 0 Å². The van der Waals surface area contributed by atoms with Gasteiger partial charge >= 0.3 is 6.18 Å². The number of nitrogens with zero attached hydrogens (tertiary/aromatic N) is 2. The number of pyridine rings is 1. The van der Waals surface area contributed by atoms with E-state index in [-0.39, 0.29) is 12.3 Å². The van der Waals surface area contributed by atoms with Crippen LogP contribution in [0.5, 0.6) is 0 Å². The highest BCUT2D eigenvalue weighted by Gasteiger charge is 2.30. The van der Waals surface area contributed by atoms with Crippen molar-refractivity contribution in [3.05, 3.63) is 95.6 Å². The molecule has 190 valence electrons. The van der Waals surface area contributed by atoms with Crippen LogP contribution in [0.2, 0.25) is 0 Å². The van der Waals surface area contributed by atoms with Crippen LogP contribution < -0.4 is 5.32 Å². The van der Waals surface area contributed by atoms with E-state index in [1.54, 1.807) is 12.1 Å². The Bertz CT molecular complexity index is 1420. The van der Waals surface area contributed by atoms with E-state index < -0.39 is 11.7 Å². The molecular weight excluding hydrogens is 479 g/mol. The standard InChI is InChI=1S/C29H26F3N3O2/c30-29(31,32)24-8-3-6-22(17-24)26-11-10-21-5-2-7-23(28(21)34-26)18-27(36)33-25-9-1-4-20(16-25)19-35-12-14-37-15-13-35/h1-11,16-17H,12-15,18-19H2,(H,33,36). The number of anilines is 1. The Morgan fingerprint density at radius 3 is 2.54 bits per heavy atom. The summed E-state index contributed by atoms with van der Waals surface area (Å²) >= 11 is 0. The van der Waals surface area contributed by atoms with E-state index in [0.29, 0.717) is 28.0 Å². The van der Waals surface area contributed by atoms with Gasteiger partial charge in [-0.05, 0) is 41.5 Å². The van der Waals surface area contributed by atoms with E-state index in [1.165, 1.54) is 6.07 Å². The summed E-state index contributed by atoms with van der Waals surface area (Å²) < 4.78 is 45.0. The number of nitrogens with one attached hydrogen (secondary N) is 1. The van der Waals surface area contributed by atoms with Gasteiger partial charge in [-0.15, -0.1) is 0 Å². The molecule has 1 aliphatic heterocycles. The molecule has 0 saturated carbocycles. The Morgan fingerprint density at radius 2 is 1.73 bits per heavy atom. The molecule has 1 N–H and O–H groups in total. The predicted octanol–water partition coefficient (Wildman–Crippen LogP) is 5.93. The van der Waals surface area contributed by atoms with Crippen molar-refractivity contribution < 1.29 is 22.7 Å².